The van der Waals surface area contributed by atoms with Crippen LogP contribution in [0.25, 0.3) is 27.8 Å². The summed E-state index contributed by atoms with van der Waals surface area (Å²) in [5, 5.41) is 15.7. The SMILES string of the molecule is N#C/C(=C\Nc1ccc2c(c1)OCO2)c1nc(-c2cc3ccccc3oc2=O)cs1. The molecule has 30 heavy (non-hydrogen) atoms. The van der Waals surface area contributed by atoms with Crippen LogP contribution in [0.1, 0.15) is 5.01 Å². The summed E-state index contributed by atoms with van der Waals surface area (Å²) in [5.41, 5.74) is 1.97. The van der Waals surface area contributed by atoms with Crippen molar-refractivity contribution in [2.75, 3.05) is 12.1 Å². The zero-order chi connectivity index (χ0) is 20.5. The van der Waals surface area contributed by atoms with E-state index >= 15 is 0 Å². The molecule has 1 N–H and O–H groups in total. The number of ether oxygens (including phenoxy) is 2. The summed E-state index contributed by atoms with van der Waals surface area (Å²) < 4.78 is 16.0. The van der Waals surface area contributed by atoms with E-state index < -0.39 is 5.63 Å². The number of allylic oxidation sites excluding steroid dienone is 1. The first-order chi connectivity index (χ1) is 14.7. The molecule has 0 unspecified atom stereocenters. The van der Waals surface area contributed by atoms with Crippen LogP contribution in [0.3, 0.4) is 0 Å². The van der Waals surface area contributed by atoms with Crippen LogP contribution in [-0.2, 0) is 0 Å². The van der Waals surface area contributed by atoms with Gasteiger partial charge in [-0.2, -0.15) is 5.26 Å². The Labute approximate surface area is 174 Å². The lowest BCUT2D eigenvalue weighted by Crippen LogP contribution is -2.02. The molecule has 0 saturated carbocycles. The fourth-order valence-corrected chi connectivity index (χ4v) is 3.83. The minimum atomic E-state index is -0.466. The molecule has 8 heteroatoms. The van der Waals surface area contributed by atoms with Crippen molar-refractivity contribution in [2.24, 2.45) is 0 Å². The Balaban J connectivity index is 1.44. The third kappa shape index (κ3) is 3.27. The number of hydrogen-bond acceptors (Lipinski definition) is 8. The Hall–Kier alpha value is -4.09. The molecule has 4 aromatic rings. The van der Waals surface area contributed by atoms with E-state index in [4.69, 9.17) is 13.9 Å². The van der Waals surface area contributed by atoms with Crippen molar-refractivity contribution >= 4 is 33.6 Å². The molecule has 0 aliphatic carbocycles. The molecule has 1 aliphatic heterocycles. The van der Waals surface area contributed by atoms with Crippen LogP contribution in [0.15, 0.2) is 69.3 Å². The number of para-hydroxylation sites is 1. The normalized spacial score (nSPS) is 12.7. The molecule has 1 aliphatic rings. The minimum absolute atomic E-state index is 0.197. The van der Waals surface area contributed by atoms with E-state index in [2.05, 4.69) is 16.4 Å². The van der Waals surface area contributed by atoms with Gasteiger partial charge in [-0.3, -0.25) is 0 Å². The Morgan fingerprint density at radius 2 is 2.03 bits per heavy atom. The summed E-state index contributed by atoms with van der Waals surface area (Å²) in [6.45, 7) is 0.197. The molecule has 7 nitrogen and oxygen atoms in total. The number of thiazole rings is 1. The maximum absolute atomic E-state index is 12.4. The van der Waals surface area contributed by atoms with E-state index in [0.29, 0.717) is 38.9 Å². The fourth-order valence-electron chi connectivity index (χ4n) is 3.05. The van der Waals surface area contributed by atoms with Gasteiger partial charge in [0, 0.05) is 28.7 Å². The molecular formula is C22H13N3O4S. The summed E-state index contributed by atoms with van der Waals surface area (Å²) in [6.07, 6.45) is 1.57. The number of fused-ring (bicyclic) bond motifs is 2. The van der Waals surface area contributed by atoms with Crippen molar-refractivity contribution in [1.82, 2.24) is 4.98 Å². The zero-order valence-corrected chi connectivity index (χ0v) is 16.2. The smallest absolute Gasteiger partial charge is 0.345 e. The lowest BCUT2D eigenvalue weighted by Gasteiger charge is -2.03. The van der Waals surface area contributed by atoms with Gasteiger partial charge in [0.15, 0.2) is 11.5 Å². The lowest BCUT2D eigenvalue weighted by atomic mass is 10.1. The van der Waals surface area contributed by atoms with Gasteiger partial charge in [0.2, 0.25) is 6.79 Å². The molecule has 0 fully saturated rings. The summed E-state index contributed by atoms with van der Waals surface area (Å²) in [7, 11) is 0. The van der Waals surface area contributed by atoms with E-state index in [1.165, 1.54) is 11.3 Å². The van der Waals surface area contributed by atoms with Gasteiger partial charge < -0.3 is 19.2 Å². The molecule has 0 radical (unpaired) electrons. The Morgan fingerprint density at radius 3 is 2.93 bits per heavy atom. The van der Waals surface area contributed by atoms with Crippen LogP contribution in [0.2, 0.25) is 0 Å². The molecule has 3 heterocycles. The summed E-state index contributed by atoms with van der Waals surface area (Å²) in [4.78, 5) is 16.8. The van der Waals surface area contributed by atoms with E-state index in [1.54, 1.807) is 35.8 Å². The monoisotopic (exact) mass is 415 g/mol. The number of rotatable bonds is 4. The van der Waals surface area contributed by atoms with Gasteiger partial charge in [-0.15, -0.1) is 11.3 Å². The van der Waals surface area contributed by atoms with Crippen LogP contribution < -0.4 is 20.4 Å². The number of aromatic nitrogens is 1. The highest BCUT2D eigenvalue weighted by atomic mass is 32.1. The Kier molecular flexibility index (Phi) is 4.42. The first kappa shape index (κ1) is 18.0. The van der Waals surface area contributed by atoms with Gasteiger partial charge in [0.1, 0.15) is 22.2 Å². The van der Waals surface area contributed by atoms with Gasteiger partial charge in [-0.05, 0) is 24.3 Å². The van der Waals surface area contributed by atoms with Gasteiger partial charge in [0.05, 0.1) is 11.3 Å². The standard InChI is InChI=1S/C22H13N3O4S/c23-9-14(10-24-15-5-6-19-20(8-15)28-12-27-19)21-25-17(11-30-21)16-7-13-3-1-2-4-18(13)29-22(16)26/h1-8,10-11,24H,12H2/b14-10+. The number of anilines is 1. The quantitative estimate of drug-likeness (QED) is 0.384. The first-order valence-corrected chi connectivity index (χ1v) is 9.85. The average Bonchev–Trinajstić information content (AvgIpc) is 3.43. The number of hydrogen-bond donors (Lipinski definition) is 1. The highest BCUT2D eigenvalue weighted by molar-refractivity contribution is 7.11. The molecular weight excluding hydrogens is 402 g/mol. The molecule has 2 aromatic heterocycles. The summed E-state index contributed by atoms with van der Waals surface area (Å²) >= 11 is 1.28. The van der Waals surface area contributed by atoms with Crippen LogP contribution in [0, 0.1) is 11.3 Å². The maximum atomic E-state index is 12.4. The third-order valence-corrected chi connectivity index (χ3v) is 5.40. The number of nitriles is 1. The maximum Gasteiger partial charge on any atom is 0.345 e. The topological polar surface area (TPSA) is 97.4 Å². The molecule has 0 spiro atoms. The zero-order valence-electron chi connectivity index (χ0n) is 15.4. The highest BCUT2D eigenvalue weighted by Gasteiger charge is 2.15. The fraction of sp³-hybridized carbons (Fsp3) is 0.0455. The van der Waals surface area contributed by atoms with Crippen molar-refractivity contribution in [2.45, 2.75) is 0 Å². The molecule has 0 bridgehead atoms. The van der Waals surface area contributed by atoms with E-state index in [-0.39, 0.29) is 6.79 Å². The van der Waals surface area contributed by atoms with Crippen molar-refractivity contribution < 1.29 is 13.9 Å². The second-order valence-corrected chi connectivity index (χ2v) is 7.26. The van der Waals surface area contributed by atoms with E-state index in [1.807, 2.05) is 24.3 Å². The highest BCUT2D eigenvalue weighted by Crippen LogP contribution is 2.34. The van der Waals surface area contributed by atoms with Gasteiger partial charge >= 0.3 is 5.63 Å². The van der Waals surface area contributed by atoms with Crippen molar-refractivity contribution in [3.8, 4) is 28.8 Å². The van der Waals surface area contributed by atoms with Crippen LogP contribution in [-0.4, -0.2) is 11.8 Å². The predicted octanol–water partition coefficient (Wildman–Crippen LogP) is 4.62. The van der Waals surface area contributed by atoms with Gasteiger partial charge in [-0.1, -0.05) is 18.2 Å². The van der Waals surface area contributed by atoms with Crippen LogP contribution >= 0.6 is 11.3 Å². The minimum Gasteiger partial charge on any atom is -0.454 e. The molecule has 0 saturated heterocycles. The first-order valence-electron chi connectivity index (χ1n) is 8.97. The Morgan fingerprint density at radius 1 is 1.17 bits per heavy atom. The van der Waals surface area contributed by atoms with Crippen LogP contribution in [0.4, 0.5) is 5.69 Å². The second kappa shape index (κ2) is 7.39. The largest absolute Gasteiger partial charge is 0.454 e. The van der Waals surface area contributed by atoms with E-state index in [9.17, 15) is 10.1 Å². The number of nitrogens with one attached hydrogen (secondary N) is 1. The molecule has 146 valence electrons. The van der Waals surface area contributed by atoms with Gasteiger partial charge in [0.25, 0.3) is 0 Å². The summed E-state index contributed by atoms with van der Waals surface area (Å²) in [6, 6.07) is 16.6. The summed E-state index contributed by atoms with van der Waals surface area (Å²) in [5.74, 6) is 1.33. The van der Waals surface area contributed by atoms with Crippen molar-refractivity contribution in [3.63, 3.8) is 0 Å². The number of nitrogens with zero attached hydrogens (tertiary/aromatic N) is 2. The van der Waals surface area contributed by atoms with E-state index in [0.717, 1.165) is 11.1 Å². The van der Waals surface area contributed by atoms with Crippen molar-refractivity contribution in [3.05, 3.63) is 75.5 Å². The lowest BCUT2D eigenvalue weighted by molar-refractivity contribution is 0.174. The molecule has 0 amide bonds. The number of benzene rings is 2. The molecule has 0 atom stereocenters. The Bertz CT molecular complexity index is 1400. The van der Waals surface area contributed by atoms with Crippen LogP contribution in [0.5, 0.6) is 11.5 Å². The second-order valence-electron chi connectivity index (χ2n) is 6.41. The predicted molar refractivity (Wildman–Crippen MR) is 113 cm³/mol. The molecule has 2 aromatic carbocycles. The molecule has 5 rings (SSSR count). The average molecular weight is 415 g/mol. The third-order valence-electron chi connectivity index (χ3n) is 4.53. The van der Waals surface area contributed by atoms with Crippen molar-refractivity contribution in [1.29, 1.82) is 5.26 Å². The van der Waals surface area contributed by atoms with Gasteiger partial charge in [-0.25, -0.2) is 9.78 Å².